The summed E-state index contributed by atoms with van der Waals surface area (Å²) >= 11 is 1.58. The Balaban J connectivity index is 1.98. The highest BCUT2D eigenvalue weighted by atomic mass is 32.2. The second kappa shape index (κ2) is 10.6. The molecule has 2 aromatic rings. The molecular formula is C24H30N2O5S2. The lowest BCUT2D eigenvalue weighted by Crippen LogP contribution is -2.60. The third-order valence-corrected chi connectivity index (χ3v) is 8.34. The van der Waals surface area contributed by atoms with Crippen LogP contribution in [0.2, 0.25) is 0 Å². The number of ether oxygens (including phenoxy) is 1. The fourth-order valence-electron chi connectivity index (χ4n) is 3.85. The Labute approximate surface area is 199 Å². The number of amides is 2. The molecule has 7 nitrogen and oxygen atoms in total. The van der Waals surface area contributed by atoms with Gasteiger partial charge in [0.25, 0.3) is 0 Å². The van der Waals surface area contributed by atoms with Crippen molar-refractivity contribution in [2.24, 2.45) is 5.92 Å². The molecule has 0 aromatic heterocycles. The largest absolute Gasteiger partial charge is 0.465 e. The standard InChI is InChI=1S/C24H30N2O5S2/c1-5-12-31-23(27)21-20(14-33(29,30)19-11-6-15(2)16(3)13-19)25-24(28)26-22(21)17-7-9-18(32-4)10-8-17/h6-11,13,20-22H,5,12,14H2,1-4H3,(H2,25,26,28). The molecule has 3 unspecified atom stereocenters. The molecule has 2 aromatic carbocycles. The van der Waals surface area contributed by atoms with Crippen LogP contribution in [0.4, 0.5) is 4.79 Å². The van der Waals surface area contributed by atoms with Crippen molar-refractivity contribution in [2.75, 3.05) is 18.6 Å². The van der Waals surface area contributed by atoms with Gasteiger partial charge in [-0.2, -0.15) is 0 Å². The SMILES string of the molecule is CCCOC(=O)C1C(CS(=O)(=O)c2ccc(C)c(C)c2)NC(=O)NC1c1ccc(SC)cc1. The maximum Gasteiger partial charge on any atom is 0.315 e. The molecule has 0 bridgehead atoms. The van der Waals surface area contributed by atoms with Gasteiger partial charge in [-0.3, -0.25) is 4.79 Å². The predicted octanol–water partition coefficient (Wildman–Crippen LogP) is 3.79. The van der Waals surface area contributed by atoms with Crippen molar-refractivity contribution in [1.29, 1.82) is 0 Å². The van der Waals surface area contributed by atoms with Crippen molar-refractivity contribution in [3.05, 3.63) is 59.2 Å². The van der Waals surface area contributed by atoms with Crippen LogP contribution in [0.5, 0.6) is 0 Å². The van der Waals surface area contributed by atoms with E-state index in [1.165, 1.54) is 0 Å². The number of hydrogen-bond donors (Lipinski definition) is 2. The molecule has 3 rings (SSSR count). The number of hydrogen-bond acceptors (Lipinski definition) is 6. The zero-order valence-electron chi connectivity index (χ0n) is 19.3. The van der Waals surface area contributed by atoms with Gasteiger partial charge >= 0.3 is 12.0 Å². The summed E-state index contributed by atoms with van der Waals surface area (Å²) in [4.78, 5) is 26.8. The average molecular weight is 491 g/mol. The number of aryl methyl sites for hydroxylation is 2. The van der Waals surface area contributed by atoms with E-state index in [9.17, 15) is 18.0 Å². The molecule has 0 spiro atoms. The van der Waals surface area contributed by atoms with E-state index in [1.807, 2.05) is 51.3 Å². The van der Waals surface area contributed by atoms with E-state index in [1.54, 1.807) is 30.0 Å². The van der Waals surface area contributed by atoms with Crippen LogP contribution >= 0.6 is 11.8 Å². The number of urea groups is 1. The van der Waals surface area contributed by atoms with Gasteiger partial charge in [0.05, 0.1) is 29.3 Å². The first-order valence-electron chi connectivity index (χ1n) is 10.8. The Hall–Kier alpha value is -2.52. The van der Waals surface area contributed by atoms with Crippen LogP contribution in [0, 0.1) is 19.8 Å². The smallest absolute Gasteiger partial charge is 0.315 e. The van der Waals surface area contributed by atoms with Crippen LogP contribution in [-0.2, 0) is 19.4 Å². The Bertz CT molecular complexity index is 1120. The third kappa shape index (κ3) is 5.89. The quantitative estimate of drug-likeness (QED) is 0.431. The minimum Gasteiger partial charge on any atom is -0.465 e. The Kier molecular flexibility index (Phi) is 8.07. The highest BCUT2D eigenvalue weighted by Gasteiger charge is 2.45. The van der Waals surface area contributed by atoms with Gasteiger partial charge in [0.1, 0.15) is 5.92 Å². The van der Waals surface area contributed by atoms with Crippen LogP contribution < -0.4 is 10.6 Å². The number of nitrogens with one attached hydrogen (secondary N) is 2. The second-order valence-corrected chi connectivity index (χ2v) is 11.1. The molecule has 1 fully saturated rings. The van der Waals surface area contributed by atoms with Gasteiger partial charge in [-0.1, -0.05) is 25.1 Å². The van der Waals surface area contributed by atoms with Crippen LogP contribution in [0.15, 0.2) is 52.3 Å². The molecular weight excluding hydrogens is 460 g/mol. The summed E-state index contributed by atoms with van der Waals surface area (Å²) in [5.41, 5.74) is 2.56. The molecule has 0 aliphatic carbocycles. The van der Waals surface area contributed by atoms with Crippen LogP contribution in [-0.4, -0.2) is 45.1 Å². The van der Waals surface area contributed by atoms with E-state index < -0.39 is 45.6 Å². The van der Waals surface area contributed by atoms with E-state index in [4.69, 9.17) is 4.74 Å². The fourth-order valence-corrected chi connectivity index (χ4v) is 5.85. The fraction of sp³-hybridized carbons (Fsp3) is 0.417. The molecule has 2 amide bonds. The number of carbonyl (C=O) groups is 2. The van der Waals surface area contributed by atoms with Crippen molar-refractivity contribution < 1.29 is 22.7 Å². The number of thioether (sulfide) groups is 1. The van der Waals surface area contributed by atoms with Gasteiger partial charge in [-0.15, -0.1) is 11.8 Å². The summed E-state index contributed by atoms with van der Waals surface area (Å²) in [6.45, 7) is 5.86. The van der Waals surface area contributed by atoms with E-state index >= 15 is 0 Å². The molecule has 1 aliphatic heterocycles. The van der Waals surface area contributed by atoms with E-state index in [2.05, 4.69) is 10.6 Å². The molecule has 0 radical (unpaired) electrons. The summed E-state index contributed by atoms with van der Waals surface area (Å²) in [6.07, 6.45) is 2.59. The van der Waals surface area contributed by atoms with Crippen LogP contribution in [0.1, 0.15) is 36.1 Å². The average Bonchev–Trinajstić information content (AvgIpc) is 2.78. The van der Waals surface area contributed by atoms with Gasteiger partial charge in [0.15, 0.2) is 9.84 Å². The Morgan fingerprint density at radius 2 is 1.76 bits per heavy atom. The summed E-state index contributed by atoms with van der Waals surface area (Å²) in [7, 11) is -3.78. The number of carbonyl (C=O) groups excluding carboxylic acids is 2. The molecule has 3 atom stereocenters. The first kappa shape index (κ1) is 25.1. The van der Waals surface area contributed by atoms with Gasteiger partial charge < -0.3 is 15.4 Å². The van der Waals surface area contributed by atoms with E-state index in [-0.39, 0.29) is 11.5 Å². The van der Waals surface area contributed by atoms with Gasteiger partial charge in [0.2, 0.25) is 0 Å². The van der Waals surface area contributed by atoms with Gasteiger partial charge in [-0.25, -0.2) is 13.2 Å². The number of sulfone groups is 1. The lowest BCUT2D eigenvalue weighted by Gasteiger charge is -2.38. The van der Waals surface area contributed by atoms with Crippen molar-refractivity contribution in [1.82, 2.24) is 10.6 Å². The molecule has 178 valence electrons. The molecule has 1 heterocycles. The molecule has 33 heavy (non-hydrogen) atoms. The van der Waals surface area contributed by atoms with Crippen molar-refractivity contribution in [3.8, 4) is 0 Å². The normalized spacial score (nSPS) is 20.6. The van der Waals surface area contributed by atoms with E-state index in [0.717, 1.165) is 21.6 Å². The van der Waals surface area contributed by atoms with Crippen molar-refractivity contribution in [3.63, 3.8) is 0 Å². The minimum absolute atomic E-state index is 0.167. The van der Waals surface area contributed by atoms with Crippen LogP contribution in [0.3, 0.4) is 0 Å². The third-order valence-electron chi connectivity index (χ3n) is 5.83. The van der Waals surface area contributed by atoms with Gasteiger partial charge in [0, 0.05) is 4.90 Å². The first-order valence-corrected chi connectivity index (χ1v) is 13.7. The zero-order chi connectivity index (χ0) is 24.2. The Morgan fingerprint density at radius 3 is 2.36 bits per heavy atom. The Morgan fingerprint density at radius 1 is 1.06 bits per heavy atom. The molecule has 1 saturated heterocycles. The summed E-state index contributed by atoms with van der Waals surface area (Å²) in [5, 5.41) is 5.46. The maximum absolute atomic E-state index is 13.3. The van der Waals surface area contributed by atoms with Crippen molar-refractivity contribution in [2.45, 2.75) is 49.1 Å². The number of benzene rings is 2. The number of esters is 1. The monoisotopic (exact) mass is 490 g/mol. The first-order chi connectivity index (χ1) is 15.7. The second-order valence-electron chi connectivity index (χ2n) is 8.20. The molecule has 1 aliphatic rings. The molecule has 2 N–H and O–H groups in total. The lowest BCUT2D eigenvalue weighted by molar-refractivity contribution is -0.151. The topological polar surface area (TPSA) is 102 Å². The van der Waals surface area contributed by atoms with Gasteiger partial charge in [-0.05, 0) is 67.5 Å². The van der Waals surface area contributed by atoms with Crippen LogP contribution in [0.25, 0.3) is 0 Å². The zero-order valence-corrected chi connectivity index (χ0v) is 20.9. The maximum atomic E-state index is 13.3. The van der Waals surface area contributed by atoms with E-state index in [0.29, 0.717) is 6.42 Å². The summed E-state index contributed by atoms with van der Waals surface area (Å²) in [5.74, 6) is -1.85. The highest BCUT2D eigenvalue weighted by molar-refractivity contribution is 7.98. The van der Waals surface area contributed by atoms with Crippen molar-refractivity contribution >= 4 is 33.6 Å². The molecule has 0 saturated carbocycles. The lowest BCUT2D eigenvalue weighted by atomic mass is 9.86. The minimum atomic E-state index is -3.78. The predicted molar refractivity (Wildman–Crippen MR) is 129 cm³/mol. The summed E-state index contributed by atoms with van der Waals surface area (Å²) in [6, 6.07) is 10.3. The number of rotatable bonds is 8. The molecule has 9 heteroatoms. The summed E-state index contributed by atoms with van der Waals surface area (Å²) < 4.78 is 31.9. The highest BCUT2D eigenvalue weighted by Crippen LogP contribution is 2.32.